The molecule has 1 fully saturated rings. The molecule has 2 aliphatic rings. The smallest absolute Gasteiger partial charge is 0.225 e. The van der Waals surface area contributed by atoms with Gasteiger partial charge < -0.3 is 14.8 Å². The maximum absolute atomic E-state index is 4.77. The van der Waals surface area contributed by atoms with Crippen molar-refractivity contribution in [2.45, 2.75) is 32.5 Å². The van der Waals surface area contributed by atoms with Crippen molar-refractivity contribution in [2.75, 3.05) is 24.5 Å². The molecule has 2 aliphatic heterocycles. The van der Waals surface area contributed by atoms with E-state index < -0.39 is 0 Å². The third kappa shape index (κ3) is 4.55. The van der Waals surface area contributed by atoms with Crippen LogP contribution in [0.1, 0.15) is 18.5 Å². The van der Waals surface area contributed by atoms with Crippen molar-refractivity contribution in [1.82, 2.24) is 34.6 Å². The fourth-order valence-corrected chi connectivity index (χ4v) is 4.12. The number of nitrogens with one attached hydrogen (secondary N) is 1. The van der Waals surface area contributed by atoms with Gasteiger partial charge in [-0.3, -0.25) is 4.68 Å². The third-order valence-corrected chi connectivity index (χ3v) is 5.42. The van der Waals surface area contributed by atoms with Gasteiger partial charge in [0.05, 0.1) is 12.2 Å². The van der Waals surface area contributed by atoms with Crippen LogP contribution in [0.2, 0.25) is 0 Å². The summed E-state index contributed by atoms with van der Waals surface area (Å²) in [5, 5.41) is 8.17. The molecule has 1 atom stereocenters. The van der Waals surface area contributed by atoms with Crippen LogP contribution in [0.15, 0.2) is 36.9 Å². The molecule has 8 nitrogen and oxygen atoms in total. The minimum Gasteiger partial charge on any atom is -0.340 e. The first kappa shape index (κ1) is 21.5. The Morgan fingerprint density at radius 2 is 1.93 bits per heavy atom. The summed E-state index contributed by atoms with van der Waals surface area (Å²) in [6.07, 6.45) is 9.96. The monoisotopic (exact) mass is 436 g/mol. The van der Waals surface area contributed by atoms with Crippen molar-refractivity contribution in [3.63, 3.8) is 0 Å². The highest BCUT2D eigenvalue weighted by Gasteiger charge is 2.23. The Kier molecular flexibility index (Phi) is 7.10. The van der Waals surface area contributed by atoms with Crippen LogP contribution in [0.5, 0.6) is 0 Å². The van der Waals surface area contributed by atoms with Gasteiger partial charge in [0.1, 0.15) is 5.69 Å². The average molecular weight is 437 g/mol. The summed E-state index contributed by atoms with van der Waals surface area (Å²) in [5.74, 6) is 2.35. The van der Waals surface area contributed by atoms with E-state index in [1.165, 1.54) is 12.1 Å². The summed E-state index contributed by atoms with van der Waals surface area (Å²) >= 11 is 0. The Morgan fingerprint density at radius 3 is 2.76 bits per heavy atom. The molecule has 0 aliphatic carbocycles. The van der Waals surface area contributed by atoms with Crippen LogP contribution in [0.25, 0.3) is 11.5 Å². The highest BCUT2D eigenvalue weighted by molar-refractivity contribution is 5.85. The molecular formula is C19H26Cl2N8. The van der Waals surface area contributed by atoms with E-state index >= 15 is 0 Å². The zero-order valence-corrected chi connectivity index (χ0v) is 17.8. The molecule has 1 N–H and O–H groups in total. The number of nitrogens with zero attached hydrogens (tertiary/aromatic N) is 7. The predicted molar refractivity (Wildman–Crippen MR) is 117 cm³/mol. The van der Waals surface area contributed by atoms with E-state index in [0.717, 1.165) is 63.2 Å². The number of fused-ring (bicyclic) bond motifs is 1. The third-order valence-electron chi connectivity index (χ3n) is 5.42. The zero-order valence-electron chi connectivity index (χ0n) is 16.1. The van der Waals surface area contributed by atoms with Crippen LogP contribution in [0.3, 0.4) is 0 Å². The molecular weight excluding hydrogens is 411 g/mol. The molecule has 29 heavy (non-hydrogen) atoms. The fraction of sp³-hybridized carbons (Fsp3) is 0.474. The highest BCUT2D eigenvalue weighted by atomic mass is 35.5. The number of hydrogen-bond acceptors (Lipinski definition) is 6. The zero-order chi connectivity index (χ0) is 18.1. The number of piperidine rings is 1. The van der Waals surface area contributed by atoms with Crippen LogP contribution < -0.4 is 10.2 Å². The molecule has 10 heteroatoms. The van der Waals surface area contributed by atoms with E-state index in [0.29, 0.717) is 5.92 Å². The number of imidazole rings is 1. The number of halogens is 2. The van der Waals surface area contributed by atoms with Gasteiger partial charge in [-0.2, -0.15) is 5.10 Å². The molecule has 3 aromatic heterocycles. The summed E-state index contributed by atoms with van der Waals surface area (Å²) in [6.45, 7) is 5.72. The van der Waals surface area contributed by atoms with E-state index in [9.17, 15) is 0 Å². The lowest BCUT2D eigenvalue weighted by Gasteiger charge is -2.33. The molecule has 0 amide bonds. The van der Waals surface area contributed by atoms with Crippen molar-refractivity contribution in [3.8, 4) is 11.5 Å². The standard InChI is InChI=1S/C19H24N8.2ClH/c1-3-15(14-26(8-1)19-22-4-2-5-23-19)13-25-9-7-21-18(25)17-11-16-12-20-6-10-27(16)24-17;;/h2,4-5,7,9,11,15,20H,1,3,6,8,10,12-14H2;2*1H. The summed E-state index contributed by atoms with van der Waals surface area (Å²) in [7, 11) is 0. The molecule has 3 aromatic rings. The number of rotatable bonds is 4. The Bertz CT molecular complexity index is 887. The minimum absolute atomic E-state index is 0. The van der Waals surface area contributed by atoms with Crippen LogP contribution in [-0.4, -0.2) is 48.9 Å². The second kappa shape index (κ2) is 9.56. The molecule has 1 saturated heterocycles. The average Bonchev–Trinajstić information content (AvgIpc) is 3.35. The quantitative estimate of drug-likeness (QED) is 0.676. The summed E-state index contributed by atoms with van der Waals surface area (Å²) in [4.78, 5) is 15.7. The van der Waals surface area contributed by atoms with Crippen molar-refractivity contribution < 1.29 is 0 Å². The van der Waals surface area contributed by atoms with Gasteiger partial charge in [0.15, 0.2) is 5.82 Å². The van der Waals surface area contributed by atoms with Crippen molar-refractivity contribution in [1.29, 1.82) is 0 Å². The second-order valence-electron chi connectivity index (χ2n) is 7.33. The summed E-state index contributed by atoms with van der Waals surface area (Å²) < 4.78 is 4.35. The van der Waals surface area contributed by atoms with Gasteiger partial charge in [-0.1, -0.05) is 0 Å². The molecule has 0 saturated carbocycles. The molecule has 0 spiro atoms. The largest absolute Gasteiger partial charge is 0.340 e. The first-order chi connectivity index (χ1) is 13.4. The Balaban J connectivity index is 0.00000120. The van der Waals surface area contributed by atoms with E-state index in [2.05, 4.69) is 46.7 Å². The Hall–Kier alpha value is -2.16. The summed E-state index contributed by atoms with van der Waals surface area (Å²) in [5.41, 5.74) is 2.20. The second-order valence-corrected chi connectivity index (χ2v) is 7.33. The summed E-state index contributed by atoms with van der Waals surface area (Å²) in [6, 6.07) is 4.03. The first-order valence-electron chi connectivity index (χ1n) is 9.68. The predicted octanol–water partition coefficient (Wildman–Crippen LogP) is 2.40. The van der Waals surface area contributed by atoms with Crippen LogP contribution >= 0.6 is 24.8 Å². The van der Waals surface area contributed by atoms with Crippen LogP contribution in [-0.2, 0) is 19.6 Å². The number of aromatic nitrogens is 6. The number of hydrogen-bond donors (Lipinski definition) is 1. The van der Waals surface area contributed by atoms with Crippen LogP contribution in [0, 0.1) is 5.92 Å². The van der Waals surface area contributed by atoms with Gasteiger partial charge in [-0.05, 0) is 30.9 Å². The maximum atomic E-state index is 4.77. The lowest BCUT2D eigenvalue weighted by molar-refractivity contribution is 0.365. The van der Waals surface area contributed by atoms with Gasteiger partial charge in [0, 0.05) is 57.5 Å². The molecule has 5 heterocycles. The van der Waals surface area contributed by atoms with Crippen molar-refractivity contribution in [2.24, 2.45) is 5.92 Å². The van der Waals surface area contributed by atoms with Gasteiger partial charge in [-0.25, -0.2) is 15.0 Å². The van der Waals surface area contributed by atoms with Crippen molar-refractivity contribution >= 4 is 30.8 Å². The molecule has 1 unspecified atom stereocenters. The minimum atomic E-state index is 0. The normalized spacial score (nSPS) is 18.5. The SMILES string of the molecule is Cl.Cl.c1cnc(N2CCCC(Cn3ccnc3-c3cc4n(n3)CCNC4)C2)nc1. The molecule has 0 bridgehead atoms. The Labute approximate surface area is 182 Å². The van der Waals surface area contributed by atoms with E-state index in [1.807, 2.05) is 24.7 Å². The van der Waals surface area contributed by atoms with Crippen LogP contribution in [0.4, 0.5) is 5.95 Å². The van der Waals surface area contributed by atoms with E-state index in [1.54, 1.807) is 0 Å². The fourth-order valence-electron chi connectivity index (χ4n) is 4.12. The Morgan fingerprint density at radius 1 is 1.07 bits per heavy atom. The van der Waals surface area contributed by atoms with Gasteiger partial charge in [0.25, 0.3) is 0 Å². The lowest BCUT2D eigenvalue weighted by Crippen LogP contribution is -2.38. The first-order valence-corrected chi connectivity index (χ1v) is 9.68. The van der Waals surface area contributed by atoms with Gasteiger partial charge in [-0.15, -0.1) is 24.8 Å². The highest BCUT2D eigenvalue weighted by Crippen LogP contribution is 2.24. The lowest BCUT2D eigenvalue weighted by atomic mass is 9.98. The van der Waals surface area contributed by atoms with Crippen molar-refractivity contribution in [3.05, 3.63) is 42.6 Å². The number of anilines is 1. The maximum Gasteiger partial charge on any atom is 0.225 e. The molecule has 0 radical (unpaired) electrons. The topological polar surface area (TPSA) is 76.7 Å². The van der Waals surface area contributed by atoms with Gasteiger partial charge >= 0.3 is 0 Å². The molecule has 156 valence electrons. The van der Waals surface area contributed by atoms with E-state index in [-0.39, 0.29) is 24.8 Å². The molecule has 5 rings (SSSR count). The molecule has 0 aromatic carbocycles. The van der Waals surface area contributed by atoms with Gasteiger partial charge in [0.2, 0.25) is 5.95 Å². The van der Waals surface area contributed by atoms with E-state index in [4.69, 9.17) is 5.10 Å².